The summed E-state index contributed by atoms with van der Waals surface area (Å²) in [5.74, 6) is 0. The summed E-state index contributed by atoms with van der Waals surface area (Å²) in [6, 6.07) is 12.0. The minimum absolute atomic E-state index is 0.633. The van der Waals surface area contributed by atoms with Gasteiger partial charge in [0.15, 0.2) is 0 Å². The molecule has 1 unspecified atom stereocenters. The van der Waals surface area contributed by atoms with E-state index >= 15 is 0 Å². The molecule has 1 aromatic carbocycles. The van der Waals surface area contributed by atoms with Crippen molar-refractivity contribution < 1.29 is 5.11 Å². The van der Waals surface area contributed by atoms with E-state index in [4.69, 9.17) is 0 Å². The van der Waals surface area contributed by atoms with Gasteiger partial charge in [-0.2, -0.15) is 0 Å². The molecule has 0 radical (unpaired) electrons. The van der Waals surface area contributed by atoms with Crippen molar-refractivity contribution in [2.45, 2.75) is 25.9 Å². The summed E-state index contributed by atoms with van der Waals surface area (Å²) in [5, 5.41) is 9.93. The number of aliphatic hydroxyl groups is 1. The second-order valence-corrected chi connectivity index (χ2v) is 4.95. The highest BCUT2D eigenvalue weighted by Crippen LogP contribution is 2.26. The van der Waals surface area contributed by atoms with Crippen molar-refractivity contribution in [2.24, 2.45) is 0 Å². The van der Waals surface area contributed by atoms with E-state index in [1.165, 1.54) is 0 Å². The van der Waals surface area contributed by atoms with E-state index in [2.05, 4.69) is 36.7 Å². The number of hydrogen-bond acceptors (Lipinski definition) is 2. The summed E-state index contributed by atoms with van der Waals surface area (Å²) in [6.07, 6.45) is 8.90. The van der Waals surface area contributed by atoms with Gasteiger partial charge in [-0.05, 0) is 35.3 Å². The first-order valence-corrected chi connectivity index (χ1v) is 7.27. The molecule has 0 bridgehead atoms. The molecule has 0 saturated heterocycles. The van der Waals surface area contributed by atoms with E-state index < -0.39 is 6.10 Å². The van der Waals surface area contributed by atoms with Gasteiger partial charge in [0.2, 0.25) is 0 Å². The van der Waals surface area contributed by atoms with E-state index in [1.807, 2.05) is 30.5 Å². The SMILES string of the molecule is C=CC(O)c1cccc(/C(=C\CCC)c2cccnc2)c1. The van der Waals surface area contributed by atoms with E-state index in [9.17, 15) is 5.11 Å². The summed E-state index contributed by atoms with van der Waals surface area (Å²) < 4.78 is 0. The summed E-state index contributed by atoms with van der Waals surface area (Å²) in [5.41, 5.74) is 4.20. The third kappa shape index (κ3) is 3.89. The molecule has 0 amide bonds. The standard InChI is InChI=1S/C19H21NO/c1-3-5-11-18(17-10-7-12-20-14-17)15-8-6-9-16(13-15)19(21)4-2/h4,6-14,19,21H,2-3,5H2,1H3/b18-11+. The van der Waals surface area contributed by atoms with Crippen LogP contribution in [-0.2, 0) is 0 Å². The molecule has 0 aliphatic heterocycles. The highest BCUT2D eigenvalue weighted by atomic mass is 16.3. The predicted molar refractivity (Wildman–Crippen MR) is 87.8 cm³/mol. The molecule has 0 fully saturated rings. The number of rotatable bonds is 6. The lowest BCUT2D eigenvalue weighted by atomic mass is 9.95. The number of unbranched alkanes of at least 4 members (excludes halogenated alkanes) is 1. The molecule has 2 rings (SSSR count). The Morgan fingerprint density at radius 3 is 2.76 bits per heavy atom. The number of hydrogen-bond donors (Lipinski definition) is 1. The van der Waals surface area contributed by atoms with Crippen molar-refractivity contribution in [3.05, 3.63) is 84.2 Å². The van der Waals surface area contributed by atoms with Crippen LogP contribution in [0, 0.1) is 0 Å². The minimum atomic E-state index is -0.633. The van der Waals surface area contributed by atoms with Gasteiger partial charge in [0, 0.05) is 18.0 Å². The van der Waals surface area contributed by atoms with Crippen LogP contribution in [0.25, 0.3) is 5.57 Å². The fraction of sp³-hybridized carbons (Fsp3) is 0.211. The average molecular weight is 279 g/mol. The number of aliphatic hydroxyl groups excluding tert-OH is 1. The fourth-order valence-electron chi connectivity index (χ4n) is 2.24. The van der Waals surface area contributed by atoms with Gasteiger partial charge in [-0.25, -0.2) is 0 Å². The molecule has 1 atom stereocenters. The Kier molecular flexibility index (Phi) is 5.47. The largest absolute Gasteiger partial charge is 0.384 e. The van der Waals surface area contributed by atoms with Crippen molar-refractivity contribution >= 4 is 5.57 Å². The molecule has 2 heteroatoms. The minimum Gasteiger partial charge on any atom is -0.384 e. The first-order valence-electron chi connectivity index (χ1n) is 7.27. The lowest BCUT2D eigenvalue weighted by Crippen LogP contribution is -1.95. The maximum Gasteiger partial charge on any atom is 0.0969 e. The summed E-state index contributed by atoms with van der Waals surface area (Å²) in [4.78, 5) is 4.21. The zero-order valence-corrected chi connectivity index (χ0v) is 12.4. The van der Waals surface area contributed by atoms with E-state index in [0.29, 0.717) is 0 Å². The zero-order valence-electron chi connectivity index (χ0n) is 12.4. The van der Waals surface area contributed by atoms with Crippen LogP contribution in [0.2, 0.25) is 0 Å². The molecule has 108 valence electrons. The molecule has 0 spiro atoms. The lowest BCUT2D eigenvalue weighted by molar-refractivity contribution is 0.229. The molecule has 0 aliphatic carbocycles. The second-order valence-electron chi connectivity index (χ2n) is 4.95. The van der Waals surface area contributed by atoms with Gasteiger partial charge in [-0.3, -0.25) is 4.98 Å². The van der Waals surface area contributed by atoms with Crippen molar-refractivity contribution in [1.82, 2.24) is 4.98 Å². The van der Waals surface area contributed by atoms with Gasteiger partial charge in [0.25, 0.3) is 0 Å². The Bertz CT molecular complexity index is 616. The summed E-state index contributed by atoms with van der Waals surface area (Å²) >= 11 is 0. The van der Waals surface area contributed by atoms with Gasteiger partial charge >= 0.3 is 0 Å². The highest BCUT2D eigenvalue weighted by Gasteiger charge is 2.08. The number of nitrogens with zero attached hydrogens (tertiary/aromatic N) is 1. The Hall–Kier alpha value is -2.19. The van der Waals surface area contributed by atoms with Crippen LogP contribution in [0.3, 0.4) is 0 Å². The molecule has 2 nitrogen and oxygen atoms in total. The third-order valence-corrected chi connectivity index (χ3v) is 3.37. The Labute approximate surface area is 126 Å². The van der Waals surface area contributed by atoms with Gasteiger partial charge in [0.1, 0.15) is 0 Å². The lowest BCUT2D eigenvalue weighted by Gasteiger charge is -2.12. The van der Waals surface area contributed by atoms with E-state index in [-0.39, 0.29) is 0 Å². The molecule has 2 aromatic rings. The van der Waals surface area contributed by atoms with Crippen molar-refractivity contribution in [3.63, 3.8) is 0 Å². The number of aromatic nitrogens is 1. The van der Waals surface area contributed by atoms with Crippen molar-refractivity contribution in [3.8, 4) is 0 Å². The van der Waals surface area contributed by atoms with Crippen LogP contribution < -0.4 is 0 Å². The fourth-order valence-corrected chi connectivity index (χ4v) is 2.24. The highest BCUT2D eigenvalue weighted by molar-refractivity contribution is 5.79. The van der Waals surface area contributed by atoms with Gasteiger partial charge in [-0.1, -0.05) is 49.8 Å². The quantitative estimate of drug-likeness (QED) is 0.788. The molecule has 1 heterocycles. The smallest absolute Gasteiger partial charge is 0.0969 e. The second kappa shape index (κ2) is 7.55. The van der Waals surface area contributed by atoms with Crippen molar-refractivity contribution in [1.29, 1.82) is 0 Å². The van der Waals surface area contributed by atoms with Crippen LogP contribution in [0.1, 0.15) is 42.6 Å². The summed E-state index contributed by atoms with van der Waals surface area (Å²) in [6.45, 7) is 5.81. The predicted octanol–water partition coefficient (Wildman–Crippen LogP) is 4.53. The van der Waals surface area contributed by atoms with E-state index in [1.54, 1.807) is 12.3 Å². The first kappa shape index (κ1) is 15.2. The number of allylic oxidation sites excluding steroid dienone is 1. The van der Waals surface area contributed by atoms with Crippen molar-refractivity contribution in [2.75, 3.05) is 0 Å². The Balaban J connectivity index is 2.45. The Morgan fingerprint density at radius 1 is 1.29 bits per heavy atom. The molecule has 0 saturated carbocycles. The molecule has 0 aliphatic rings. The monoisotopic (exact) mass is 279 g/mol. The van der Waals surface area contributed by atoms with Crippen LogP contribution in [-0.4, -0.2) is 10.1 Å². The summed E-state index contributed by atoms with van der Waals surface area (Å²) in [7, 11) is 0. The van der Waals surface area contributed by atoms with Gasteiger partial charge in [-0.15, -0.1) is 6.58 Å². The van der Waals surface area contributed by atoms with Gasteiger partial charge in [0.05, 0.1) is 6.10 Å². The molecule has 1 N–H and O–H groups in total. The Morgan fingerprint density at radius 2 is 2.10 bits per heavy atom. The van der Waals surface area contributed by atoms with Crippen LogP contribution in [0.4, 0.5) is 0 Å². The normalized spacial score (nSPS) is 13.0. The first-order chi connectivity index (χ1) is 10.3. The molecule has 21 heavy (non-hydrogen) atoms. The zero-order chi connectivity index (χ0) is 15.1. The maximum absolute atomic E-state index is 9.93. The number of benzene rings is 1. The topological polar surface area (TPSA) is 33.1 Å². The number of pyridine rings is 1. The van der Waals surface area contributed by atoms with Crippen LogP contribution >= 0.6 is 0 Å². The average Bonchev–Trinajstić information content (AvgIpc) is 2.56. The van der Waals surface area contributed by atoms with Crippen LogP contribution in [0.5, 0.6) is 0 Å². The third-order valence-electron chi connectivity index (χ3n) is 3.37. The van der Waals surface area contributed by atoms with Crippen LogP contribution in [0.15, 0.2) is 67.5 Å². The van der Waals surface area contributed by atoms with Gasteiger partial charge < -0.3 is 5.11 Å². The maximum atomic E-state index is 9.93. The molecule has 1 aromatic heterocycles. The molecular weight excluding hydrogens is 258 g/mol. The van der Waals surface area contributed by atoms with E-state index in [0.717, 1.165) is 35.1 Å². The molecular formula is C19H21NO.